The zero-order valence-corrected chi connectivity index (χ0v) is 11.0. The molecular weight excluding hydrogens is 228 g/mol. The average Bonchev–Trinajstić information content (AvgIpc) is 2.94. The summed E-state index contributed by atoms with van der Waals surface area (Å²) in [5, 5.41) is 14.7. The van der Waals surface area contributed by atoms with Gasteiger partial charge in [-0.25, -0.2) is 0 Å². The minimum atomic E-state index is 0.571. The molecule has 0 spiro atoms. The summed E-state index contributed by atoms with van der Waals surface area (Å²) in [6.45, 7) is 3.98. The van der Waals surface area contributed by atoms with E-state index in [1.165, 1.54) is 32.1 Å². The van der Waals surface area contributed by atoms with Gasteiger partial charge in [0.1, 0.15) is 0 Å². The third kappa shape index (κ3) is 3.02. The lowest BCUT2D eigenvalue weighted by molar-refractivity contribution is 0.428. The number of aromatic nitrogens is 2. The van der Waals surface area contributed by atoms with Crippen molar-refractivity contribution < 1.29 is 4.42 Å². The van der Waals surface area contributed by atoms with Crippen LogP contribution in [0.15, 0.2) is 4.42 Å². The lowest BCUT2D eigenvalue weighted by Gasteiger charge is -2.14. The van der Waals surface area contributed by atoms with Crippen molar-refractivity contribution in [3.63, 3.8) is 0 Å². The molecule has 5 nitrogen and oxygen atoms in total. The van der Waals surface area contributed by atoms with Crippen LogP contribution in [0.4, 0.5) is 6.01 Å². The van der Waals surface area contributed by atoms with E-state index in [0.717, 1.165) is 18.4 Å². The highest BCUT2D eigenvalue weighted by molar-refractivity contribution is 5.17. The summed E-state index contributed by atoms with van der Waals surface area (Å²) < 4.78 is 5.56. The summed E-state index contributed by atoms with van der Waals surface area (Å²) in [6, 6.07) is 1.24. The topological polar surface area (TPSA) is 63.0 Å². The number of anilines is 1. The molecule has 2 N–H and O–H groups in total. The normalized spacial score (nSPS) is 27.6. The van der Waals surface area contributed by atoms with Gasteiger partial charge >= 0.3 is 6.01 Å². The van der Waals surface area contributed by atoms with Crippen molar-refractivity contribution in [2.24, 2.45) is 11.8 Å². The maximum absolute atomic E-state index is 5.56. The Balaban J connectivity index is 1.44. The van der Waals surface area contributed by atoms with Crippen LogP contribution in [-0.4, -0.2) is 22.8 Å². The van der Waals surface area contributed by atoms with Crippen molar-refractivity contribution in [3.8, 4) is 0 Å². The fourth-order valence-corrected chi connectivity index (χ4v) is 2.66. The Kier molecular flexibility index (Phi) is 3.50. The van der Waals surface area contributed by atoms with Crippen LogP contribution in [0, 0.1) is 11.8 Å². The lowest BCUT2D eigenvalue weighted by Crippen LogP contribution is -2.16. The quantitative estimate of drug-likeness (QED) is 0.810. The number of rotatable bonds is 6. The minimum Gasteiger partial charge on any atom is -0.407 e. The molecule has 0 bridgehead atoms. The SMILES string of the molecule is CC1CCCC1CNc1nnc(CNC2CC2)o1. The molecule has 0 radical (unpaired) electrons. The van der Waals surface area contributed by atoms with Gasteiger partial charge in [-0.2, -0.15) is 0 Å². The van der Waals surface area contributed by atoms with Crippen molar-refractivity contribution in [2.75, 3.05) is 11.9 Å². The third-order valence-corrected chi connectivity index (χ3v) is 4.14. The second kappa shape index (κ2) is 5.26. The second-order valence-electron chi connectivity index (χ2n) is 5.71. The van der Waals surface area contributed by atoms with Crippen LogP contribution in [0.25, 0.3) is 0 Å². The van der Waals surface area contributed by atoms with Crippen LogP contribution in [0.3, 0.4) is 0 Å². The first kappa shape index (κ1) is 12.0. The fourth-order valence-electron chi connectivity index (χ4n) is 2.66. The molecule has 100 valence electrons. The minimum absolute atomic E-state index is 0.571. The fraction of sp³-hybridized carbons (Fsp3) is 0.846. The summed E-state index contributed by atoms with van der Waals surface area (Å²) in [7, 11) is 0. The third-order valence-electron chi connectivity index (χ3n) is 4.14. The van der Waals surface area contributed by atoms with Gasteiger partial charge in [0.2, 0.25) is 5.89 Å². The van der Waals surface area contributed by atoms with E-state index in [0.29, 0.717) is 24.5 Å². The number of nitrogens with one attached hydrogen (secondary N) is 2. The summed E-state index contributed by atoms with van der Waals surface area (Å²) in [4.78, 5) is 0. The molecule has 1 heterocycles. The van der Waals surface area contributed by atoms with Gasteiger partial charge in [-0.05, 0) is 31.1 Å². The van der Waals surface area contributed by atoms with E-state index in [9.17, 15) is 0 Å². The molecule has 1 aromatic rings. The molecule has 3 rings (SSSR count). The summed E-state index contributed by atoms with van der Waals surface area (Å²) >= 11 is 0. The molecule has 2 unspecified atom stereocenters. The van der Waals surface area contributed by atoms with Gasteiger partial charge in [0.25, 0.3) is 0 Å². The molecule has 2 aliphatic carbocycles. The maximum Gasteiger partial charge on any atom is 0.315 e. The molecule has 18 heavy (non-hydrogen) atoms. The van der Waals surface area contributed by atoms with E-state index in [1.54, 1.807) is 0 Å². The van der Waals surface area contributed by atoms with Gasteiger partial charge in [-0.3, -0.25) is 0 Å². The molecule has 2 atom stereocenters. The Labute approximate surface area is 108 Å². The van der Waals surface area contributed by atoms with Crippen LogP contribution in [0.5, 0.6) is 0 Å². The number of hydrogen-bond acceptors (Lipinski definition) is 5. The zero-order valence-electron chi connectivity index (χ0n) is 11.0. The van der Waals surface area contributed by atoms with Crippen LogP contribution >= 0.6 is 0 Å². The Hall–Kier alpha value is -1.10. The van der Waals surface area contributed by atoms with Crippen LogP contribution in [-0.2, 0) is 6.54 Å². The Morgan fingerprint density at radius 2 is 2.11 bits per heavy atom. The predicted molar refractivity (Wildman–Crippen MR) is 69.2 cm³/mol. The molecule has 0 aromatic carbocycles. The van der Waals surface area contributed by atoms with Gasteiger partial charge in [0, 0.05) is 12.6 Å². The van der Waals surface area contributed by atoms with Crippen molar-refractivity contribution in [1.29, 1.82) is 0 Å². The van der Waals surface area contributed by atoms with Crippen molar-refractivity contribution >= 4 is 6.01 Å². The molecule has 1 aromatic heterocycles. The Morgan fingerprint density at radius 1 is 1.22 bits per heavy atom. The highest BCUT2D eigenvalue weighted by Crippen LogP contribution is 2.31. The molecule has 0 aliphatic heterocycles. The molecule has 0 amide bonds. The largest absolute Gasteiger partial charge is 0.407 e. The Morgan fingerprint density at radius 3 is 2.83 bits per heavy atom. The highest BCUT2D eigenvalue weighted by atomic mass is 16.4. The van der Waals surface area contributed by atoms with Gasteiger partial charge in [-0.1, -0.05) is 24.9 Å². The highest BCUT2D eigenvalue weighted by Gasteiger charge is 2.24. The monoisotopic (exact) mass is 250 g/mol. The van der Waals surface area contributed by atoms with E-state index >= 15 is 0 Å². The van der Waals surface area contributed by atoms with Crippen LogP contribution < -0.4 is 10.6 Å². The standard InChI is InChI=1S/C13H22N4O/c1-9-3-2-4-10(9)7-15-13-17-16-12(18-13)8-14-11-5-6-11/h9-11,14H,2-8H2,1H3,(H,15,17). The predicted octanol–water partition coefficient (Wildman–Crippen LogP) is 2.17. The van der Waals surface area contributed by atoms with E-state index in [2.05, 4.69) is 27.8 Å². The first-order valence-electron chi connectivity index (χ1n) is 7.11. The molecular formula is C13H22N4O. The summed E-state index contributed by atoms with van der Waals surface area (Å²) in [5.74, 6) is 2.25. The zero-order chi connectivity index (χ0) is 12.4. The first-order chi connectivity index (χ1) is 8.81. The van der Waals surface area contributed by atoms with Crippen molar-refractivity contribution in [2.45, 2.75) is 51.6 Å². The van der Waals surface area contributed by atoms with Gasteiger partial charge in [0.15, 0.2) is 0 Å². The number of nitrogens with zero attached hydrogens (tertiary/aromatic N) is 2. The summed E-state index contributed by atoms with van der Waals surface area (Å²) in [6.07, 6.45) is 6.58. The lowest BCUT2D eigenvalue weighted by atomic mass is 9.98. The van der Waals surface area contributed by atoms with Gasteiger partial charge in [0.05, 0.1) is 6.54 Å². The van der Waals surface area contributed by atoms with E-state index in [-0.39, 0.29) is 0 Å². The molecule has 0 saturated heterocycles. The van der Waals surface area contributed by atoms with E-state index in [4.69, 9.17) is 4.42 Å². The summed E-state index contributed by atoms with van der Waals surface area (Å²) in [5.41, 5.74) is 0. The first-order valence-corrected chi connectivity index (χ1v) is 7.11. The maximum atomic E-state index is 5.56. The average molecular weight is 250 g/mol. The second-order valence-corrected chi connectivity index (χ2v) is 5.71. The van der Waals surface area contributed by atoms with Crippen LogP contribution in [0.1, 0.15) is 44.9 Å². The van der Waals surface area contributed by atoms with Crippen molar-refractivity contribution in [1.82, 2.24) is 15.5 Å². The van der Waals surface area contributed by atoms with Gasteiger partial charge in [-0.15, -0.1) is 5.10 Å². The molecule has 2 fully saturated rings. The van der Waals surface area contributed by atoms with E-state index < -0.39 is 0 Å². The van der Waals surface area contributed by atoms with Crippen molar-refractivity contribution in [3.05, 3.63) is 5.89 Å². The van der Waals surface area contributed by atoms with Gasteiger partial charge < -0.3 is 15.1 Å². The Bertz CT molecular complexity index is 388. The molecule has 2 aliphatic rings. The molecule has 5 heteroatoms. The number of hydrogen-bond donors (Lipinski definition) is 2. The van der Waals surface area contributed by atoms with E-state index in [1.807, 2.05) is 0 Å². The molecule has 2 saturated carbocycles. The van der Waals surface area contributed by atoms with Crippen LogP contribution in [0.2, 0.25) is 0 Å². The smallest absolute Gasteiger partial charge is 0.315 e.